The maximum Gasteiger partial charge on any atom is 0.271 e. The molecular weight excluding hydrogens is 394 g/mol. The number of aryl methyl sites for hydroxylation is 1. The number of amides is 1. The fourth-order valence-electron chi connectivity index (χ4n) is 2.49. The van der Waals surface area contributed by atoms with Crippen LogP contribution in [0.5, 0.6) is 0 Å². The van der Waals surface area contributed by atoms with Crippen molar-refractivity contribution in [3.05, 3.63) is 63.2 Å². The van der Waals surface area contributed by atoms with E-state index in [4.69, 9.17) is 11.6 Å². The fourth-order valence-corrected chi connectivity index (χ4v) is 3.79. The highest BCUT2D eigenvalue weighted by Gasteiger charge is 2.29. The zero-order chi connectivity index (χ0) is 20.4. The van der Waals surface area contributed by atoms with Gasteiger partial charge in [0.2, 0.25) is 15.9 Å². The third kappa shape index (κ3) is 4.95. The molecule has 1 atom stereocenters. The lowest BCUT2D eigenvalue weighted by atomic mass is 10.1. The molecular formula is C17H18ClN3O5S. The molecule has 144 valence electrons. The summed E-state index contributed by atoms with van der Waals surface area (Å²) in [7, 11) is -3.78. The molecule has 0 bridgehead atoms. The topological polar surface area (TPSA) is 110 Å². The van der Waals surface area contributed by atoms with E-state index in [1.54, 1.807) is 6.92 Å². The second kappa shape index (κ2) is 7.93. The van der Waals surface area contributed by atoms with Crippen molar-refractivity contribution in [3.8, 4) is 0 Å². The largest absolute Gasteiger partial charge is 0.324 e. The zero-order valence-corrected chi connectivity index (χ0v) is 16.4. The Morgan fingerprint density at radius 2 is 1.81 bits per heavy atom. The Bertz CT molecular complexity index is 977. The summed E-state index contributed by atoms with van der Waals surface area (Å²) < 4.78 is 25.5. The first-order valence-electron chi connectivity index (χ1n) is 7.81. The molecule has 8 nitrogen and oxygen atoms in total. The second-order valence-electron chi connectivity index (χ2n) is 5.96. The predicted octanol–water partition coefficient (Wildman–Crippen LogP) is 3.35. The van der Waals surface area contributed by atoms with Gasteiger partial charge in [0.15, 0.2) is 0 Å². The van der Waals surface area contributed by atoms with Crippen molar-refractivity contribution in [1.82, 2.24) is 0 Å². The number of nitro benzene ring substituents is 1. The molecule has 0 radical (unpaired) electrons. The maximum absolute atomic E-state index is 12.7. The number of carbonyl (C=O) groups is 1. The van der Waals surface area contributed by atoms with E-state index in [1.165, 1.54) is 49.4 Å². The molecule has 2 aromatic rings. The van der Waals surface area contributed by atoms with Crippen molar-refractivity contribution in [2.24, 2.45) is 0 Å². The van der Waals surface area contributed by atoms with Gasteiger partial charge < -0.3 is 5.32 Å². The smallest absolute Gasteiger partial charge is 0.271 e. The molecule has 2 aromatic carbocycles. The molecule has 0 aliphatic carbocycles. The van der Waals surface area contributed by atoms with Gasteiger partial charge in [-0.25, -0.2) is 8.42 Å². The quantitative estimate of drug-likeness (QED) is 0.579. The molecule has 10 heteroatoms. The molecule has 0 saturated heterocycles. The van der Waals surface area contributed by atoms with Crippen LogP contribution < -0.4 is 9.62 Å². The minimum atomic E-state index is -3.78. The molecule has 2 rings (SSSR count). The summed E-state index contributed by atoms with van der Waals surface area (Å²) in [6, 6.07) is 8.98. The van der Waals surface area contributed by atoms with Crippen LogP contribution in [0.4, 0.5) is 17.1 Å². The summed E-state index contributed by atoms with van der Waals surface area (Å²) in [5, 5.41) is 13.9. The van der Waals surface area contributed by atoms with Crippen molar-refractivity contribution < 1.29 is 18.1 Å². The molecule has 1 N–H and O–H groups in total. The van der Waals surface area contributed by atoms with E-state index in [1.807, 2.05) is 0 Å². The van der Waals surface area contributed by atoms with Crippen LogP contribution in [-0.2, 0) is 14.8 Å². The van der Waals surface area contributed by atoms with Crippen molar-refractivity contribution in [2.45, 2.75) is 19.9 Å². The van der Waals surface area contributed by atoms with Crippen LogP contribution in [0.25, 0.3) is 0 Å². The summed E-state index contributed by atoms with van der Waals surface area (Å²) in [4.78, 5) is 23.0. The van der Waals surface area contributed by atoms with Gasteiger partial charge >= 0.3 is 0 Å². The average molecular weight is 412 g/mol. The van der Waals surface area contributed by atoms with Gasteiger partial charge in [-0.3, -0.25) is 19.2 Å². The first-order valence-corrected chi connectivity index (χ1v) is 10.0. The molecule has 27 heavy (non-hydrogen) atoms. The number of benzene rings is 2. The van der Waals surface area contributed by atoms with Gasteiger partial charge in [-0.15, -0.1) is 0 Å². The van der Waals surface area contributed by atoms with Crippen LogP contribution in [0.1, 0.15) is 12.5 Å². The lowest BCUT2D eigenvalue weighted by Gasteiger charge is -2.28. The van der Waals surface area contributed by atoms with E-state index in [9.17, 15) is 23.3 Å². The number of hydrogen-bond acceptors (Lipinski definition) is 5. The van der Waals surface area contributed by atoms with Gasteiger partial charge in [0.05, 0.1) is 22.6 Å². The molecule has 0 heterocycles. The standard InChI is InChI=1S/C17H18ClN3O5S/c1-11-4-7-15(21(23)24)10-16(11)19-17(22)12(2)20(27(3,25)26)14-8-5-13(18)6-9-14/h4-10,12H,1-3H3,(H,19,22)/t12-/m1/s1. The van der Waals surface area contributed by atoms with Gasteiger partial charge in [-0.05, 0) is 43.7 Å². The van der Waals surface area contributed by atoms with Gasteiger partial charge in [0.1, 0.15) is 6.04 Å². The Morgan fingerprint density at radius 1 is 1.22 bits per heavy atom. The predicted molar refractivity (Wildman–Crippen MR) is 105 cm³/mol. The lowest BCUT2D eigenvalue weighted by molar-refractivity contribution is -0.384. The number of non-ortho nitro benzene ring substituents is 1. The van der Waals surface area contributed by atoms with Crippen LogP contribution in [0.15, 0.2) is 42.5 Å². The van der Waals surface area contributed by atoms with E-state index < -0.39 is 26.9 Å². The van der Waals surface area contributed by atoms with Crippen LogP contribution in [0.3, 0.4) is 0 Å². The molecule has 0 aliphatic rings. The lowest BCUT2D eigenvalue weighted by Crippen LogP contribution is -2.45. The van der Waals surface area contributed by atoms with Crippen molar-refractivity contribution in [3.63, 3.8) is 0 Å². The first-order chi connectivity index (χ1) is 12.5. The normalized spacial score (nSPS) is 12.3. The number of nitrogens with one attached hydrogen (secondary N) is 1. The van der Waals surface area contributed by atoms with Crippen molar-refractivity contribution in [2.75, 3.05) is 15.9 Å². The van der Waals surface area contributed by atoms with Crippen LogP contribution in [-0.4, -0.2) is 31.5 Å². The molecule has 0 aromatic heterocycles. The number of sulfonamides is 1. The van der Waals surface area contributed by atoms with E-state index in [0.717, 1.165) is 10.6 Å². The molecule has 0 saturated carbocycles. The molecule has 0 fully saturated rings. The van der Waals surface area contributed by atoms with Crippen LogP contribution >= 0.6 is 11.6 Å². The van der Waals surface area contributed by atoms with Gasteiger partial charge in [0.25, 0.3) is 5.69 Å². The SMILES string of the molecule is Cc1ccc([N+](=O)[O-])cc1NC(=O)[C@@H](C)N(c1ccc(Cl)cc1)S(C)(=O)=O. The minimum absolute atomic E-state index is 0.179. The number of rotatable bonds is 6. The van der Waals surface area contributed by atoms with Gasteiger partial charge in [-0.1, -0.05) is 17.7 Å². The summed E-state index contributed by atoms with van der Waals surface area (Å²) in [6.45, 7) is 3.11. The summed E-state index contributed by atoms with van der Waals surface area (Å²) >= 11 is 5.84. The second-order valence-corrected chi connectivity index (χ2v) is 8.25. The number of carbonyl (C=O) groups excluding carboxylic acids is 1. The molecule has 0 spiro atoms. The Hall–Kier alpha value is -2.65. The number of anilines is 2. The average Bonchev–Trinajstić information content (AvgIpc) is 2.57. The highest BCUT2D eigenvalue weighted by molar-refractivity contribution is 7.92. The fraction of sp³-hybridized carbons (Fsp3) is 0.235. The maximum atomic E-state index is 12.7. The van der Waals surface area contributed by atoms with E-state index in [0.29, 0.717) is 10.6 Å². The molecule has 0 aliphatic heterocycles. The Kier molecular flexibility index (Phi) is 6.07. The number of nitro groups is 1. The summed E-state index contributed by atoms with van der Waals surface area (Å²) in [6.07, 6.45) is 0.990. The Balaban J connectivity index is 2.34. The summed E-state index contributed by atoms with van der Waals surface area (Å²) in [5.41, 5.74) is 0.950. The molecule has 1 amide bonds. The third-order valence-electron chi connectivity index (χ3n) is 3.86. The van der Waals surface area contributed by atoms with Gasteiger partial charge in [-0.2, -0.15) is 0 Å². The van der Waals surface area contributed by atoms with Crippen molar-refractivity contribution in [1.29, 1.82) is 0 Å². The van der Waals surface area contributed by atoms with Crippen LogP contribution in [0.2, 0.25) is 5.02 Å². The Labute approximate surface area is 162 Å². The third-order valence-corrected chi connectivity index (χ3v) is 5.35. The minimum Gasteiger partial charge on any atom is -0.324 e. The first kappa shape index (κ1) is 20.7. The summed E-state index contributed by atoms with van der Waals surface area (Å²) in [5.74, 6) is -0.626. The number of hydrogen-bond donors (Lipinski definition) is 1. The van der Waals surface area contributed by atoms with E-state index in [-0.39, 0.29) is 17.1 Å². The van der Waals surface area contributed by atoms with E-state index in [2.05, 4.69) is 5.32 Å². The van der Waals surface area contributed by atoms with E-state index >= 15 is 0 Å². The number of halogens is 1. The zero-order valence-electron chi connectivity index (χ0n) is 14.8. The van der Waals surface area contributed by atoms with Crippen molar-refractivity contribution >= 4 is 44.6 Å². The monoisotopic (exact) mass is 411 g/mol. The highest BCUT2D eigenvalue weighted by atomic mass is 35.5. The van der Waals surface area contributed by atoms with Gasteiger partial charge in [0, 0.05) is 17.2 Å². The molecule has 0 unspecified atom stereocenters. The Morgan fingerprint density at radius 3 is 2.33 bits per heavy atom. The van der Waals surface area contributed by atoms with Crippen LogP contribution in [0, 0.1) is 17.0 Å². The highest BCUT2D eigenvalue weighted by Crippen LogP contribution is 2.25. The number of nitrogens with zero attached hydrogens (tertiary/aromatic N) is 2.